The van der Waals surface area contributed by atoms with Crippen LogP contribution in [0.3, 0.4) is 0 Å². The van der Waals surface area contributed by atoms with Gasteiger partial charge in [-0.2, -0.15) is 28.1 Å². The summed E-state index contributed by atoms with van der Waals surface area (Å²) in [5.41, 5.74) is 0. The van der Waals surface area contributed by atoms with Crippen molar-refractivity contribution in [1.29, 1.82) is 0 Å². The van der Waals surface area contributed by atoms with Crippen LogP contribution in [0.4, 0.5) is 33.8 Å². The maximum Gasteiger partial charge on any atom is 0.408 e. The zero-order valence-corrected chi connectivity index (χ0v) is 12.1. The second kappa shape index (κ2) is 5.98. The summed E-state index contributed by atoms with van der Waals surface area (Å²) < 4.78 is 63.7. The third-order valence-corrected chi connectivity index (χ3v) is 3.35. The molecule has 0 saturated heterocycles. The molecule has 1 fully saturated rings. The first-order valence-electron chi connectivity index (χ1n) is 6.44. The van der Waals surface area contributed by atoms with E-state index in [-0.39, 0.29) is 30.0 Å². The Hall–Kier alpha value is -1.45. The average molecular weight is 346 g/mol. The number of rotatable bonds is 4. The van der Waals surface area contributed by atoms with E-state index in [1.807, 2.05) is 5.32 Å². The Bertz CT molecular complexity index is 538. The maximum atomic E-state index is 13.1. The number of anilines is 2. The lowest BCUT2D eigenvalue weighted by molar-refractivity contribution is -0.138. The van der Waals surface area contributed by atoms with Crippen molar-refractivity contribution in [2.24, 2.45) is 0 Å². The van der Waals surface area contributed by atoms with E-state index in [2.05, 4.69) is 20.3 Å². The first-order chi connectivity index (χ1) is 10.0. The van der Waals surface area contributed by atoms with Crippen molar-refractivity contribution in [3.05, 3.63) is 5.28 Å². The van der Waals surface area contributed by atoms with Gasteiger partial charge in [0.25, 0.3) is 0 Å². The smallest absolute Gasteiger partial charge is 0.351 e. The summed E-state index contributed by atoms with van der Waals surface area (Å²) in [6.07, 6.45) is -4.93. The van der Waals surface area contributed by atoms with Crippen LogP contribution in [0.1, 0.15) is 26.2 Å². The summed E-state index contributed by atoms with van der Waals surface area (Å²) in [7, 11) is 0. The molecule has 0 bridgehead atoms. The Kier molecular flexibility index (Phi) is 4.59. The summed E-state index contributed by atoms with van der Waals surface area (Å²) >= 11 is 5.62. The summed E-state index contributed by atoms with van der Waals surface area (Å²) in [5.74, 6) is -3.28. The lowest BCUT2D eigenvalue weighted by Gasteiger charge is -2.18. The molecule has 1 unspecified atom stereocenters. The fourth-order valence-corrected chi connectivity index (χ4v) is 2.17. The van der Waals surface area contributed by atoms with Gasteiger partial charge in [0.2, 0.25) is 23.1 Å². The molecule has 0 aliphatic heterocycles. The summed E-state index contributed by atoms with van der Waals surface area (Å²) in [6.45, 7) is 0.891. The molecule has 11 heteroatoms. The van der Waals surface area contributed by atoms with Gasteiger partial charge in [-0.05, 0) is 24.9 Å². The fourth-order valence-electron chi connectivity index (χ4n) is 2.01. The molecule has 1 heterocycles. The molecule has 1 aliphatic carbocycles. The van der Waals surface area contributed by atoms with E-state index < -0.39 is 30.6 Å². The quantitative estimate of drug-likeness (QED) is 0.818. The monoisotopic (exact) mass is 345 g/mol. The van der Waals surface area contributed by atoms with Crippen LogP contribution in [-0.2, 0) is 0 Å². The summed E-state index contributed by atoms with van der Waals surface area (Å²) in [6, 6.07) is -2.46. The van der Waals surface area contributed by atoms with Crippen LogP contribution in [0.2, 0.25) is 5.28 Å². The molecule has 1 saturated carbocycles. The summed E-state index contributed by atoms with van der Waals surface area (Å²) in [4.78, 5) is 10.9. The molecule has 2 N–H and O–H groups in total. The Labute approximate surface area is 127 Å². The molecule has 0 aromatic carbocycles. The molecule has 1 aliphatic rings. The maximum absolute atomic E-state index is 13.1. The lowest BCUT2D eigenvalue weighted by Crippen LogP contribution is -2.34. The van der Waals surface area contributed by atoms with Crippen LogP contribution >= 0.6 is 11.6 Å². The molecule has 5 nitrogen and oxygen atoms in total. The second-order valence-corrected chi connectivity index (χ2v) is 5.44. The Morgan fingerprint density at radius 3 is 2.41 bits per heavy atom. The van der Waals surface area contributed by atoms with Crippen molar-refractivity contribution in [3.8, 4) is 0 Å². The lowest BCUT2D eigenvalue weighted by atomic mass is 10.2. The van der Waals surface area contributed by atoms with Gasteiger partial charge in [-0.3, -0.25) is 0 Å². The standard InChI is InChI=1S/C11H13ClF5N5/c1-5(11(15,16)17)18-8-20-7(12)21-9(22-8)19-6-2-3-10(13,14)4-6/h5-6H,2-4H2,1H3,(H2,18,19,20,21,22)/t5-,6?/m1/s1. The number of hydrogen-bond donors (Lipinski definition) is 2. The molecule has 1 aromatic rings. The van der Waals surface area contributed by atoms with Crippen LogP contribution in [0.15, 0.2) is 0 Å². The largest absolute Gasteiger partial charge is 0.408 e. The SMILES string of the molecule is C[C@@H](Nc1nc(Cl)nc(NC2CCC(F)(F)C2)n1)C(F)(F)F. The molecule has 0 spiro atoms. The van der Waals surface area contributed by atoms with Gasteiger partial charge in [0.15, 0.2) is 0 Å². The van der Waals surface area contributed by atoms with E-state index in [9.17, 15) is 22.0 Å². The predicted octanol–water partition coefficient (Wildman–Crippen LogP) is 3.49. The van der Waals surface area contributed by atoms with Crippen LogP contribution in [0, 0.1) is 0 Å². The highest BCUT2D eigenvalue weighted by atomic mass is 35.5. The van der Waals surface area contributed by atoms with Crippen molar-refractivity contribution < 1.29 is 22.0 Å². The molecular formula is C11H13ClF5N5. The number of hydrogen-bond acceptors (Lipinski definition) is 5. The minimum absolute atomic E-state index is 0.139. The van der Waals surface area contributed by atoms with Crippen LogP contribution in [0.5, 0.6) is 0 Å². The number of halogens is 6. The number of aromatic nitrogens is 3. The van der Waals surface area contributed by atoms with Crippen LogP contribution in [0.25, 0.3) is 0 Å². The zero-order valence-electron chi connectivity index (χ0n) is 11.4. The summed E-state index contributed by atoms with van der Waals surface area (Å²) in [5, 5.41) is 4.35. The second-order valence-electron chi connectivity index (χ2n) is 5.10. The molecular weight excluding hydrogens is 333 g/mol. The van der Waals surface area contributed by atoms with Gasteiger partial charge in [0.1, 0.15) is 6.04 Å². The molecule has 1 aromatic heterocycles. The number of nitrogens with one attached hydrogen (secondary N) is 2. The third kappa shape index (κ3) is 4.52. The number of alkyl halides is 5. The highest BCUT2D eigenvalue weighted by molar-refractivity contribution is 6.28. The fraction of sp³-hybridized carbons (Fsp3) is 0.727. The molecule has 2 rings (SSSR count). The first kappa shape index (κ1) is 16.9. The van der Waals surface area contributed by atoms with Crippen LogP contribution in [-0.4, -0.2) is 39.1 Å². The van der Waals surface area contributed by atoms with E-state index >= 15 is 0 Å². The normalized spacial score (nSPS) is 22.4. The predicted molar refractivity (Wildman–Crippen MR) is 70.2 cm³/mol. The molecule has 22 heavy (non-hydrogen) atoms. The Balaban J connectivity index is 2.07. The Morgan fingerprint density at radius 2 is 1.86 bits per heavy atom. The van der Waals surface area contributed by atoms with E-state index in [1.54, 1.807) is 0 Å². The number of nitrogens with zero attached hydrogens (tertiary/aromatic N) is 3. The highest BCUT2D eigenvalue weighted by Crippen LogP contribution is 2.36. The van der Waals surface area contributed by atoms with Gasteiger partial charge < -0.3 is 10.6 Å². The topological polar surface area (TPSA) is 62.7 Å². The van der Waals surface area contributed by atoms with Gasteiger partial charge in [-0.15, -0.1) is 0 Å². The van der Waals surface area contributed by atoms with E-state index in [0.717, 1.165) is 6.92 Å². The van der Waals surface area contributed by atoms with E-state index in [1.165, 1.54) is 0 Å². The average Bonchev–Trinajstić information content (AvgIpc) is 2.66. The third-order valence-electron chi connectivity index (χ3n) is 3.18. The van der Waals surface area contributed by atoms with Crippen molar-refractivity contribution in [1.82, 2.24) is 15.0 Å². The molecule has 124 valence electrons. The molecule has 2 atom stereocenters. The highest BCUT2D eigenvalue weighted by Gasteiger charge is 2.40. The van der Waals surface area contributed by atoms with Crippen LogP contribution < -0.4 is 10.6 Å². The van der Waals surface area contributed by atoms with Crippen molar-refractivity contribution >= 4 is 23.5 Å². The minimum atomic E-state index is -4.49. The minimum Gasteiger partial charge on any atom is -0.351 e. The van der Waals surface area contributed by atoms with E-state index in [4.69, 9.17) is 11.6 Å². The van der Waals surface area contributed by atoms with Gasteiger partial charge >= 0.3 is 6.18 Å². The van der Waals surface area contributed by atoms with Crippen molar-refractivity contribution in [2.45, 2.75) is 50.4 Å². The van der Waals surface area contributed by atoms with E-state index in [0.29, 0.717) is 0 Å². The van der Waals surface area contributed by atoms with Gasteiger partial charge in [0.05, 0.1) is 0 Å². The molecule has 0 radical (unpaired) electrons. The van der Waals surface area contributed by atoms with Crippen molar-refractivity contribution in [3.63, 3.8) is 0 Å². The van der Waals surface area contributed by atoms with Gasteiger partial charge in [-0.1, -0.05) is 0 Å². The Morgan fingerprint density at radius 1 is 1.23 bits per heavy atom. The molecule has 0 amide bonds. The zero-order chi connectivity index (χ0) is 16.5. The first-order valence-corrected chi connectivity index (χ1v) is 6.82. The van der Waals surface area contributed by atoms with Gasteiger partial charge in [-0.25, -0.2) is 8.78 Å². The van der Waals surface area contributed by atoms with Gasteiger partial charge in [0, 0.05) is 18.9 Å². The van der Waals surface area contributed by atoms with Crippen molar-refractivity contribution in [2.75, 3.05) is 10.6 Å².